The number of carbonyl (C=O) groups is 1. The van der Waals surface area contributed by atoms with Crippen LogP contribution >= 0.6 is 23.4 Å². The van der Waals surface area contributed by atoms with E-state index in [1.807, 2.05) is 6.92 Å². The van der Waals surface area contributed by atoms with Crippen LogP contribution in [0.3, 0.4) is 0 Å². The normalized spacial score (nSPS) is 10.3. The molecule has 0 aliphatic heterocycles. The summed E-state index contributed by atoms with van der Waals surface area (Å²) in [5, 5.41) is 4.10. The van der Waals surface area contributed by atoms with Gasteiger partial charge < -0.3 is 10.1 Å². The second-order valence-electron chi connectivity index (χ2n) is 4.48. The summed E-state index contributed by atoms with van der Waals surface area (Å²) in [4.78, 5) is 20.2. The van der Waals surface area contributed by atoms with Gasteiger partial charge >= 0.3 is 0 Å². The van der Waals surface area contributed by atoms with Crippen LogP contribution < -0.4 is 10.1 Å². The second kappa shape index (κ2) is 8.00. The largest absolute Gasteiger partial charge is 0.495 e. The fourth-order valence-corrected chi connectivity index (χ4v) is 2.63. The van der Waals surface area contributed by atoms with E-state index in [0.29, 0.717) is 33.8 Å². The van der Waals surface area contributed by atoms with Gasteiger partial charge in [-0.25, -0.2) is 9.97 Å². The Morgan fingerprint density at radius 1 is 1.36 bits per heavy atom. The first kappa shape index (κ1) is 16.6. The molecule has 1 heterocycles. The summed E-state index contributed by atoms with van der Waals surface area (Å²) in [5.41, 5.74) is 1.50. The van der Waals surface area contributed by atoms with Crippen molar-refractivity contribution >= 4 is 35.0 Å². The van der Waals surface area contributed by atoms with Gasteiger partial charge in [-0.3, -0.25) is 4.79 Å². The molecule has 0 spiro atoms. The summed E-state index contributed by atoms with van der Waals surface area (Å²) >= 11 is 7.48. The van der Waals surface area contributed by atoms with Gasteiger partial charge in [0.05, 0.1) is 12.8 Å². The Balaban J connectivity index is 1.90. The van der Waals surface area contributed by atoms with E-state index in [1.54, 1.807) is 37.7 Å². The lowest BCUT2D eigenvalue weighted by Crippen LogP contribution is -2.13. The third-order valence-corrected chi connectivity index (χ3v) is 4.14. The molecule has 0 aliphatic carbocycles. The van der Waals surface area contributed by atoms with Crippen LogP contribution in [0.5, 0.6) is 5.75 Å². The van der Waals surface area contributed by atoms with Crippen molar-refractivity contribution in [1.29, 1.82) is 0 Å². The first-order valence-electron chi connectivity index (χ1n) is 6.64. The number of aryl methyl sites for hydroxylation is 1. The number of carbonyl (C=O) groups excluding carboxylic acids is 1. The third kappa shape index (κ3) is 4.61. The average Bonchev–Trinajstić information content (AvgIpc) is 2.51. The number of aromatic nitrogens is 2. The Morgan fingerprint density at radius 3 is 2.77 bits per heavy atom. The Hall–Kier alpha value is -1.79. The molecule has 1 amide bonds. The minimum atomic E-state index is -0.0940. The average molecular weight is 338 g/mol. The fourth-order valence-electron chi connectivity index (χ4n) is 1.74. The lowest BCUT2D eigenvalue weighted by Gasteiger charge is -2.12. The van der Waals surface area contributed by atoms with Crippen LogP contribution in [0, 0.1) is 6.92 Å². The number of methoxy groups -OCH3 is 1. The number of benzene rings is 1. The number of amides is 1. The van der Waals surface area contributed by atoms with E-state index in [0.717, 1.165) is 5.56 Å². The maximum Gasteiger partial charge on any atom is 0.225 e. The number of nitrogens with zero attached hydrogens (tertiary/aromatic N) is 2. The number of halogens is 1. The number of rotatable bonds is 6. The highest BCUT2D eigenvalue weighted by atomic mass is 35.5. The van der Waals surface area contributed by atoms with Gasteiger partial charge in [0, 0.05) is 35.7 Å². The molecule has 0 unspecified atom stereocenters. The van der Waals surface area contributed by atoms with Gasteiger partial charge in [-0.15, -0.1) is 0 Å². The van der Waals surface area contributed by atoms with Gasteiger partial charge in [-0.05, 0) is 24.6 Å². The van der Waals surface area contributed by atoms with E-state index in [9.17, 15) is 4.79 Å². The SMILES string of the molecule is COc1cc(Cl)c(C)cc1NC(=O)CCSc1ncccn1. The molecule has 0 bridgehead atoms. The minimum Gasteiger partial charge on any atom is -0.495 e. The smallest absolute Gasteiger partial charge is 0.225 e. The molecule has 2 rings (SSSR count). The van der Waals surface area contributed by atoms with Crippen LogP contribution in [-0.2, 0) is 4.79 Å². The standard InChI is InChI=1S/C15H16ClN3O2S/c1-10-8-12(13(21-2)9-11(10)16)19-14(20)4-7-22-15-17-5-3-6-18-15/h3,5-6,8-9H,4,7H2,1-2H3,(H,19,20). The number of nitrogens with one attached hydrogen (secondary N) is 1. The topological polar surface area (TPSA) is 64.1 Å². The van der Waals surface area contributed by atoms with Crippen molar-refractivity contribution in [2.75, 3.05) is 18.2 Å². The van der Waals surface area contributed by atoms with Crippen LogP contribution in [0.2, 0.25) is 5.02 Å². The van der Waals surface area contributed by atoms with Crippen molar-refractivity contribution in [3.05, 3.63) is 41.2 Å². The quantitative estimate of drug-likeness (QED) is 0.645. The molecule has 0 saturated carbocycles. The maximum absolute atomic E-state index is 12.0. The molecular formula is C15H16ClN3O2S. The number of hydrogen-bond acceptors (Lipinski definition) is 5. The van der Waals surface area contributed by atoms with Gasteiger partial charge in [0.1, 0.15) is 5.75 Å². The van der Waals surface area contributed by atoms with Crippen LogP contribution in [0.25, 0.3) is 0 Å². The van der Waals surface area contributed by atoms with Crippen molar-refractivity contribution in [2.24, 2.45) is 0 Å². The molecule has 22 heavy (non-hydrogen) atoms. The van der Waals surface area contributed by atoms with Gasteiger partial charge in [0.15, 0.2) is 5.16 Å². The van der Waals surface area contributed by atoms with E-state index in [4.69, 9.17) is 16.3 Å². The number of anilines is 1. The molecule has 116 valence electrons. The van der Waals surface area contributed by atoms with Crippen molar-refractivity contribution in [3.63, 3.8) is 0 Å². The molecule has 1 N–H and O–H groups in total. The molecule has 1 aromatic heterocycles. The van der Waals surface area contributed by atoms with Crippen LogP contribution in [0.1, 0.15) is 12.0 Å². The molecule has 5 nitrogen and oxygen atoms in total. The van der Waals surface area contributed by atoms with Gasteiger partial charge in [0.25, 0.3) is 0 Å². The second-order valence-corrected chi connectivity index (χ2v) is 5.95. The van der Waals surface area contributed by atoms with Crippen LogP contribution in [-0.4, -0.2) is 28.7 Å². The maximum atomic E-state index is 12.0. The zero-order valence-corrected chi connectivity index (χ0v) is 13.9. The zero-order chi connectivity index (χ0) is 15.9. The molecule has 2 aromatic rings. The van der Waals surface area contributed by atoms with Crippen molar-refractivity contribution in [1.82, 2.24) is 9.97 Å². The predicted molar refractivity (Wildman–Crippen MR) is 88.7 cm³/mol. The Bertz CT molecular complexity index is 653. The molecular weight excluding hydrogens is 322 g/mol. The van der Waals surface area contributed by atoms with E-state index in [-0.39, 0.29) is 5.91 Å². The van der Waals surface area contributed by atoms with Gasteiger partial charge in [-0.1, -0.05) is 23.4 Å². The first-order chi connectivity index (χ1) is 10.6. The highest BCUT2D eigenvalue weighted by molar-refractivity contribution is 7.99. The molecule has 1 aromatic carbocycles. The highest BCUT2D eigenvalue weighted by Crippen LogP contribution is 2.31. The number of ether oxygens (including phenoxy) is 1. The summed E-state index contributed by atoms with van der Waals surface area (Å²) in [7, 11) is 1.54. The molecule has 0 atom stereocenters. The molecule has 0 fully saturated rings. The monoisotopic (exact) mass is 337 g/mol. The predicted octanol–water partition coefficient (Wildman–Crippen LogP) is 3.57. The van der Waals surface area contributed by atoms with Gasteiger partial charge in [0.2, 0.25) is 5.91 Å². The number of hydrogen-bond donors (Lipinski definition) is 1. The number of thioether (sulfide) groups is 1. The molecule has 7 heteroatoms. The van der Waals surface area contributed by atoms with E-state index >= 15 is 0 Å². The first-order valence-corrected chi connectivity index (χ1v) is 8.00. The minimum absolute atomic E-state index is 0.0940. The van der Waals surface area contributed by atoms with E-state index in [1.165, 1.54) is 11.8 Å². The highest BCUT2D eigenvalue weighted by Gasteiger charge is 2.10. The van der Waals surface area contributed by atoms with Crippen molar-refractivity contribution in [3.8, 4) is 5.75 Å². The Labute approximate surface area is 138 Å². The Morgan fingerprint density at radius 2 is 2.09 bits per heavy atom. The fraction of sp³-hybridized carbons (Fsp3) is 0.267. The summed E-state index contributed by atoms with van der Waals surface area (Å²) in [6.07, 6.45) is 3.71. The lowest BCUT2D eigenvalue weighted by molar-refractivity contribution is -0.115. The summed E-state index contributed by atoms with van der Waals surface area (Å²) in [5.74, 6) is 1.05. The van der Waals surface area contributed by atoms with Crippen LogP contribution in [0.15, 0.2) is 35.7 Å². The van der Waals surface area contributed by atoms with Gasteiger partial charge in [-0.2, -0.15) is 0 Å². The van der Waals surface area contributed by atoms with E-state index < -0.39 is 0 Å². The zero-order valence-electron chi connectivity index (χ0n) is 12.3. The molecule has 0 radical (unpaired) electrons. The Kier molecular flexibility index (Phi) is 6.03. The van der Waals surface area contributed by atoms with Crippen LogP contribution in [0.4, 0.5) is 5.69 Å². The van der Waals surface area contributed by atoms with Crippen molar-refractivity contribution in [2.45, 2.75) is 18.5 Å². The summed E-state index contributed by atoms with van der Waals surface area (Å²) in [6.45, 7) is 1.88. The van der Waals surface area contributed by atoms with E-state index in [2.05, 4.69) is 15.3 Å². The molecule has 0 aliphatic rings. The lowest BCUT2D eigenvalue weighted by atomic mass is 10.2. The summed E-state index contributed by atoms with van der Waals surface area (Å²) in [6, 6.07) is 5.25. The summed E-state index contributed by atoms with van der Waals surface area (Å²) < 4.78 is 5.23. The van der Waals surface area contributed by atoms with Crippen molar-refractivity contribution < 1.29 is 9.53 Å². The molecule has 0 saturated heterocycles. The third-order valence-electron chi connectivity index (χ3n) is 2.86.